The van der Waals surface area contributed by atoms with Crippen LogP contribution in [0.25, 0.3) is 11.3 Å². The highest BCUT2D eigenvalue weighted by Gasteiger charge is 2.19. The minimum Gasteiger partial charge on any atom is -0.451 e. The minimum atomic E-state index is -0.103. The Morgan fingerprint density at radius 3 is 2.53 bits per heavy atom. The number of benzene rings is 1. The van der Waals surface area contributed by atoms with Gasteiger partial charge in [-0.3, -0.25) is 4.79 Å². The van der Waals surface area contributed by atoms with Crippen molar-refractivity contribution in [3.05, 3.63) is 48.2 Å². The Bertz CT molecular complexity index is 553. The summed E-state index contributed by atoms with van der Waals surface area (Å²) in [7, 11) is 0. The van der Waals surface area contributed by atoms with Gasteiger partial charge in [0.15, 0.2) is 5.76 Å². The molecule has 1 heterocycles. The van der Waals surface area contributed by atoms with Gasteiger partial charge in [-0.2, -0.15) is 0 Å². The molecule has 0 saturated heterocycles. The van der Waals surface area contributed by atoms with E-state index in [4.69, 9.17) is 4.42 Å². The molecular formula is C16H17NO2. The summed E-state index contributed by atoms with van der Waals surface area (Å²) in [6.07, 6.45) is 4.58. The number of nitrogens with one attached hydrogen (secondary N) is 1. The molecule has 0 aliphatic heterocycles. The molecule has 1 fully saturated rings. The Hall–Kier alpha value is -2.03. The summed E-state index contributed by atoms with van der Waals surface area (Å²) in [5.74, 6) is 1.03. The summed E-state index contributed by atoms with van der Waals surface area (Å²) < 4.78 is 5.63. The predicted octanol–water partition coefficient (Wildman–Crippen LogP) is 3.62. The summed E-state index contributed by atoms with van der Waals surface area (Å²) >= 11 is 0. The standard InChI is InChI=1S/C16H17NO2/c18-16(17-13-8-4-5-9-13)15-11-10-14(19-15)12-6-2-1-3-7-12/h1-3,6-7,10-11,13H,4-5,8-9H2,(H,17,18). The van der Waals surface area contributed by atoms with Gasteiger partial charge in [-0.05, 0) is 25.0 Å². The Morgan fingerprint density at radius 1 is 1.05 bits per heavy atom. The lowest BCUT2D eigenvalue weighted by molar-refractivity contribution is 0.0910. The van der Waals surface area contributed by atoms with E-state index in [0.717, 1.165) is 24.2 Å². The Labute approximate surface area is 112 Å². The fraction of sp³-hybridized carbons (Fsp3) is 0.312. The number of rotatable bonds is 3. The second kappa shape index (κ2) is 5.31. The molecule has 0 radical (unpaired) electrons. The number of amides is 1. The van der Waals surface area contributed by atoms with E-state index in [1.165, 1.54) is 12.8 Å². The minimum absolute atomic E-state index is 0.103. The van der Waals surface area contributed by atoms with E-state index in [0.29, 0.717) is 11.8 Å². The van der Waals surface area contributed by atoms with Crippen LogP contribution in [0.4, 0.5) is 0 Å². The van der Waals surface area contributed by atoms with Crippen LogP contribution in [0.3, 0.4) is 0 Å². The number of hydrogen-bond acceptors (Lipinski definition) is 2. The molecule has 0 unspecified atom stereocenters. The van der Waals surface area contributed by atoms with Crippen LogP contribution in [-0.2, 0) is 0 Å². The van der Waals surface area contributed by atoms with Crippen molar-refractivity contribution < 1.29 is 9.21 Å². The van der Waals surface area contributed by atoms with Gasteiger partial charge in [0.05, 0.1) is 0 Å². The van der Waals surface area contributed by atoms with Crippen LogP contribution >= 0.6 is 0 Å². The van der Waals surface area contributed by atoms with Gasteiger partial charge < -0.3 is 9.73 Å². The molecule has 3 nitrogen and oxygen atoms in total. The van der Waals surface area contributed by atoms with E-state index in [1.54, 1.807) is 6.07 Å². The fourth-order valence-corrected chi connectivity index (χ4v) is 2.54. The van der Waals surface area contributed by atoms with Crippen molar-refractivity contribution in [3.63, 3.8) is 0 Å². The molecule has 19 heavy (non-hydrogen) atoms. The molecule has 1 aliphatic rings. The van der Waals surface area contributed by atoms with E-state index in [-0.39, 0.29) is 5.91 Å². The Kier molecular flexibility index (Phi) is 3.36. The topological polar surface area (TPSA) is 42.2 Å². The summed E-state index contributed by atoms with van der Waals surface area (Å²) in [5.41, 5.74) is 0.988. The zero-order valence-corrected chi connectivity index (χ0v) is 10.8. The number of hydrogen-bond donors (Lipinski definition) is 1. The molecule has 1 amide bonds. The molecule has 1 saturated carbocycles. The second-order valence-corrected chi connectivity index (χ2v) is 4.98. The molecule has 3 heteroatoms. The maximum Gasteiger partial charge on any atom is 0.287 e. The first-order valence-corrected chi connectivity index (χ1v) is 6.79. The number of furan rings is 1. The maximum absolute atomic E-state index is 12.0. The number of carbonyl (C=O) groups excluding carboxylic acids is 1. The van der Waals surface area contributed by atoms with Crippen molar-refractivity contribution >= 4 is 5.91 Å². The van der Waals surface area contributed by atoms with Crippen molar-refractivity contribution in [2.45, 2.75) is 31.7 Å². The van der Waals surface area contributed by atoms with Crippen LogP contribution in [-0.4, -0.2) is 11.9 Å². The van der Waals surface area contributed by atoms with Gasteiger partial charge in [0.2, 0.25) is 0 Å². The first-order chi connectivity index (χ1) is 9.33. The third-order valence-corrected chi connectivity index (χ3v) is 3.58. The van der Waals surface area contributed by atoms with Crippen molar-refractivity contribution in [2.75, 3.05) is 0 Å². The van der Waals surface area contributed by atoms with Crippen molar-refractivity contribution in [3.8, 4) is 11.3 Å². The van der Waals surface area contributed by atoms with Crippen LogP contribution in [0.2, 0.25) is 0 Å². The Morgan fingerprint density at radius 2 is 1.79 bits per heavy atom. The maximum atomic E-state index is 12.0. The van der Waals surface area contributed by atoms with Crippen LogP contribution in [0, 0.1) is 0 Å². The van der Waals surface area contributed by atoms with Crippen molar-refractivity contribution in [1.29, 1.82) is 0 Å². The molecule has 0 bridgehead atoms. The van der Waals surface area contributed by atoms with Crippen LogP contribution in [0.15, 0.2) is 46.9 Å². The zero-order chi connectivity index (χ0) is 13.1. The van der Waals surface area contributed by atoms with Crippen molar-refractivity contribution in [2.24, 2.45) is 0 Å². The molecule has 1 aromatic carbocycles. The van der Waals surface area contributed by atoms with E-state index >= 15 is 0 Å². The average Bonchev–Trinajstić information content (AvgIpc) is 3.10. The van der Waals surface area contributed by atoms with Gasteiger partial charge in [-0.15, -0.1) is 0 Å². The normalized spacial score (nSPS) is 15.6. The molecule has 1 aromatic heterocycles. The van der Waals surface area contributed by atoms with E-state index < -0.39 is 0 Å². The highest BCUT2D eigenvalue weighted by atomic mass is 16.3. The fourth-order valence-electron chi connectivity index (χ4n) is 2.54. The molecular weight excluding hydrogens is 238 g/mol. The van der Waals surface area contributed by atoms with Crippen molar-refractivity contribution in [1.82, 2.24) is 5.32 Å². The van der Waals surface area contributed by atoms with E-state index in [9.17, 15) is 4.79 Å². The predicted molar refractivity (Wildman–Crippen MR) is 73.9 cm³/mol. The summed E-state index contributed by atoms with van der Waals surface area (Å²) in [6.45, 7) is 0. The quantitative estimate of drug-likeness (QED) is 0.910. The third kappa shape index (κ3) is 2.70. The molecule has 0 atom stereocenters. The van der Waals surface area contributed by atoms with E-state index in [2.05, 4.69) is 5.32 Å². The van der Waals surface area contributed by atoms with Crippen LogP contribution in [0.5, 0.6) is 0 Å². The first kappa shape index (κ1) is 12.0. The zero-order valence-electron chi connectivity index (χ0n) is 10.8. The molecule has 3 rings (SSSR count). The number of carbonyl (C=O) groups is 1. The van der Waals surface area contributed by atoms with E-state index in [1.807, 2.05) is 36.4 Å². The molecule has 98 valence electrons. The third-order valence-electron chi connectivity index (χ3n) is 3.58. The summed E-state index contributed by atoms with van der Waals surface area (Å²) in [5, 5.41) is 3.03. The highest BCUT2D eigenvalue weighted by Crippen LogP contribution is 2.22. The van der Waals surface area contributed by atoms with Gasteiger partial charge in [-0.25, -0.2) is 0 Å². The smallest absolute Gasteiger partial charge is 0.287 e. The lowest BCUT2D eigenvalue weighted by atomic mass is 10.2. The summed E-state index contributed by atoms with van der Waals surface area (Å²) in [4.78, 5) is 12.0. The molecule has 2 aromatic rings. The molecule has 1 aliphatic carbocycles. The molecule has 0 spiro atoms. The monoisotopic (exact) mass is 255 g/mol. The van der Waals surface area contributed by atoms with Crippen LogP contribution < -0.4 is 5.32 Å². The average molecular weight is 255 g/mol. The molecule has 1 N–H and O–H groups in total. The summed E-state index contributed by atoms with van der Waals surface area (Å²) in [6, 6.07) is 13.7. The van der Waals surface area contributed by atoms with Gasteiger partial charge in [0, 0.05) is 11.6 Å². The van der Waals surface area contributed by atoms with Gasteiger partial charge in [0.1, 0.15) is 5.76 Å². The highest BCUT2D eigenvalue weighted by molar-refractivity contribution is 5.92. The van der Waals surface area contributed by atoms with Gasteiger partial charge >= 0.3 is 0 Å². The van der Waals surface area contributed by atoms with Gasteiger partial charge in [0.25, 0.3) is 5.91 Å². The lowest BCUT2D eigenvalue weighted by Crippen LogP contribution is -2.32. The van der Waals surface area contributed by atoms with Crippen LogP contribution in [0.1, 0.15) is 36.2 Å². The van der Waals surface area contributed by atoms with Gasteiger partial charge in [-0.1, -0.05) is 43.2 Å². The largest absolute Gasteiger partial charge is 0.451 e. The Balaban J connectivity index is 1.72. The second-order valence-electron chi connectivity index (χ2n) is 4.98. The lowest BCUT2D eigenvalue weighted by Gasteiger charge is -2.09. The SMILES string of the molecule is O=C(NC1CCCC1)c1ccc(-c2ccccc2)o1. The first-order valence-electron chi connectivity index (χ1n) is 6.79.